The molecular weight excluding hydrogens is 119 g/mol. The fraction of sp³-hybridized carbons (Fsp3) is 0. The molecule has 0 aromatic carbocycles. The maximum absolute atomic E-state index is 3.60. The van der Waals surface area contributed by atoms with Crippen molar-refractivity contribution in [2.24, 2.45) is 0 Å². The van der Waals surface area contributed by atoms with Gasteiger partial charge in [0.15, 0.2) is 0 Å². The summed E-state index contributed by atoms with van der Waals surface area (Å²) >= 11 is 0. The second-order valence-electron chi connectivity index (χ2n) is 0.766. The monoisotopic (exact) mass is 126 g/mol. The molecule has 0 fully saturated rings. The van der Waals surface area contributed by atoms with Crippen LogP contribution in [0, 0.1) is 0 Å². The van der Waals surface area contributed by atoms with E-state index in [-0.39, 0.29) is 43.1 Å². The first-order valence-electron chi connectivity index (χ1n) is 1.44. The zero-order valence-corrected chi connectivity index (χ0v) is 4.18. The Hall–Kier alpha value is 0.560. The topological polar surface area (TPSA) is 28.7 Å². The third-order valence-corrected chi connectivity index (χ3v) is 0.406. The van der Waals surface area contributed by atoms with Crippen LogP contribution in [0.4, 0.5) is 0 Å². The average Bonchev–Trinajstić information content (AvgIpc) is 1.76. The second-order valence-corrected chi connectivity index (χ2v) is 0.766. The van der Waals surface area contributed by atoms with Gasteiger partial charge in [-0.15, -0.1) is 0 Å². The minimum atomic E-state index is 0. The molecule has 1 N–H and O–H groups in total. The van der Waals surface area contributed by atoms with Gasteiger partial charge in [-0.05, 0) is 6.07 Å². The second kappa shape index (κ2) is 6.56. The fourth-order valence-electron chi connectivity index (χ4n) is 0.215. The van der Waals surface area contributed by atoms with Crippen LogP contribution in [-0.2, 0) is 0 Å². The van der Waals surface area contributed by atoms with Crippen molar-refractivity contribution in [3.63, 3.8) is 0 Å². The standard InChI is InChI=1S/C3H4N2.Na.H2S.H/c1-2-4-5-3-1;;;/h1-3H,(H,4,5);;1H2;. The van der Waals surface area contributed by atoms with Gasteiger partial charge in [0.25, 0.3) is 0 Å². The largest absolute Gasteiger partial charge is 0.286 e. The summed E-state index contributed by atoms with van der Waals surface area (Å²) in [6.07, 6.45) is 3.46. The molecule has 0 aliphatic heterocycles. The summed E-state index contributed by atoms with van der Waals surface area (Å²) in [5, 5.41) is 6.21. The first-order valence-corrected chi connectivity index (χ1v) is 1.44. The molecule has 0 bridgehead atoms. The van der Waals surface area contributed by atoms with Crippen LogP contribution in [0.1, 0.15) is 0 Å². The number of nitrogens with zero attached hydrogens (tertiary/aromatic N) is 1. The van der Waals surface area contributed by atoms with Gasteiger partial charge >= 0.3 is 29.6 Å². The van der Waals surface area contributed by atoms with Gasteiger partial charge in [0.1, 0.15) is 0 Å². The van der Waals surface area contributed by atoms with Crippen LogP contribution >= 0.6 is 13.5 Å². The third-order valence-electron chi connectivity index (χ3n) is 0.406. The van der Waals surface area contributed by atoms with Crippen LogP contribution in [0.5, 0.6) is 0 Å². The van der Waals surface area contributed by atoms with Crippen molar-refractivity contribution in [1.29, 1.82) is 0 Å². The normalized spacial score (nSPS) is 5.71. The van der Waals surface area contributed by atoms with Crippen LogP contribution < -0.4 is 0 Å². The Morgan fingerprint density at radius 2 is 2.14 bits per heavy atom. The number of aromatic nitrogens is 2. The van der Waals surface area contributed by atoms with Gasteiger partial charge in [-0.2, -0.15) is 18.6 Å². The Morgan fingerprint density at radius 1 is 1.43 bits per heavy atom. The molecule has 0 atom stereocenters. The Morgan fingerprint density at radius 3 is 2.29 bits per heavy atom. The van der Waals surface area contributed by atoms with E-state index in [9.17, 15) is 0 Å². The van der Waals surface area contributed by atoms with Crippen molar-refractivity contribution in [3.05, 3.63) is 18.5 Å². The quantitative estimate of drug-likeness (QED) is 0.482. The van der Waals surface area contributed by atoms with Crippen LogP contribution in [0.25, 0.3) is 0 Å². The number of aromatic amines is 1. The van der Waals surface area contributed by atoms with Gasteiger partial charge in [0.2, 0.25) is 0 Å². The predicted molar refractivity (Wildman–Crippen MR) is 36.1 cm³/mol. The first kappa shape index (κ1) is 10.5. The van der Waals surface area contributed by atoms with Gasteiger partial charge in [-0.1, -0.05) is 0 Å². The molecular formula is C3H7N2NaS. The number of hydrogen-bond acceptors (Lipinski definition) is 1. The Bertz CT molecular complexity index is 69.4. The minimum Gasteiger partial charge on any atom is -0.286 e. The van der Waals surface area contributed by atoms with E-state index in [1.54, 1.807) is 12.4 Å². The van der Waals surface area contributed by atoms with Crippen molar-refractivity contribution < 1.29 is 0 Å². The molecule has 0 saturated heterocycles. The molecule has 2 nitrogen and oxygen atoms in total. The molecule has 0 saturated carbocycles. The summed E-state index contributed by atoms with van der Waals surface area (Å²) in [5.74, 6) is 0. The van der Waals surface area contributed by atoms with Crippen molar-refractivity contribution in [1.82, 2.24) is 10.2 Å². The third kappa shape index (κ3) is 4.41. The summed E-state index contributed by atoms with van der Waals surface area (Å²) < 4.78 is 0. The van der Waals surface area contributed by atoms with Crippen LogP contribution in [0.2, 0.25) is 0 Å². The summed E-state index contributed by atoms with van der Waals surface area (Å²) in [6, 6.07) is 1.83. The summed E-state index contributed by atoms with van der Waals surface area (Å²) in [5.41, 5.74) is 0. The van der Waals surface area contributed by atoms with E-state index in [2.05, 4.69) is 10.2 Å². The van der Waals surface area contributed by atoms with E-state index >= 15 is 0 Å². The molecule has 4 heteroatoms. The predicted octanol–water partition coefficient (Wildman–Crippen LogP) is -0.126. The fourth-order valence-corrected chi connectivity index (χ4v) is 0.215. The molecule has 0 aliphatic carbocycles. The number of hydrogen-bond donors (Lipinski definition) is 1. The van der Waals surface area contributed by atoms with E-state index in [4.69, 9.17) is 0 Å². The van der Waals surface area contributed by atoms with Crippen molar-refractivity contribution >= 4 is 43.1 Å². The molecule has 0 unspecified atom stereocenters. The van der Waals surface area contributed by atoms with E-state index in [0.29, 0.717) is 0 Å². The van der Waals surface area contributed by atoms with Crippen molar-refractivity contribution in [3.8, 4) is 0 Å². The first-order chi connectivity index (χ1) is 2.50. The number of nitrogens with one attached hydrogen (secondary N) is 1. The summed E-state index contributed by atoms with van der Waals surface area (Å²) in [4.78, 5) is 0. The van der Waals surface area contributed by atoms with E-state index < -0.39 is 0 Å². The van der Waals surface area contributed by atoms with Crippen LogP contribution in [0.15, 0.2) is 18.5 Å². The molecule has 1 heterocycles. The molecule has 0 spiro atoms. The van der Waals surface area contributed by atoms with Gasteiger partial charge in [-0.3, -0.25) is 5.10 Å². The summed E-state index contributed by atoms with van der Waals surface area (Å²) in [7, 11) is 0. The van der Waals surface area contributed by atoms with Gasteiger partial charge in [0, 0.05) is 12.4 Å². The maximum Gasteiger partial charge on any atom is 0.0487 e. The van der Waals surface area contributed by atoms with E-state index in [1.165, 1.54) is 0 Å². The average molecular weight is 126 g/mol. The van der Waals surface area contributed by atoms with Crippen LogP contribution in [-0.4, -0.2) is 39.8 Å². The SMILES string of the molecule is S.[NaH].c1cn[nH]c1. The Kier molecular flexibility index (Phi) is 9.86. The molecule has 0 radical (unpaired) electrons. The van der Waals surface area contributed by atoms with Crippen LogP contribution in [0.3, 0.4) is 0 Å². The smallest absolute Gasteiger partial charge is 0.0487 e. The minimum absolute atomic E-state index is 0. The number of rotatable bonds is 0. The molecule has 0 amide bonds. The summed E-state index contributed by atoms with van der Waals surface area (Å²) in [6.45, 7) is 0. The molecule has 1 aromatic rings. The Balaban J connectivity index is 0. The molecule has 0 aliphatic rings. The Labute approximate surface area is 71.4 Å². The molecule has 1 rings (SSSR count). The van der Waals surface area contributed by atoms with Crippen molar-refractivity contribution in [2.45, 2.75) is 0 Å². The zero-order valence-electron chi connectivity index (χ0n) is 3.18. The molecule has 7 heavy (non-hydrogen) atoms. The van der Waals surface area contributed by atoms with Gasteiger partial charge in [0.05, 0.1) is 0 Å². The number of H-pyrrole nitrogens is 1. The van der Waals surface area contributed by atoms with E-state index in [1.807, 2.05) is 6.07 Å². The van der Waals surface area contributed by atoms with Crippen molar-refractivity contribution in [2.75, 3.05) is 0 Å². The molecule has 36 valence electrons. The van der Waals surface area contributed by atoms with Gasteiger partial charge in [-0.25, -0.2) is 0 Å². The zero-order chi connectivity index (χ0) is 3.54. The maximum atomic E-state index is 3.60. The van der Waals surface area contributed by atoms with Gasteiger partial charge < -0.3 is 0 Å². The van der Waals surface area contributed by atoms with E-state index in [0.717, 1.165) is 0 Å². The molecule has 1 aromatic heterocycles.